The van der Waals surface area contributed by atoms with Gasteiger partial charge in [0.05, 0.1) is 10.7 Å². The summed E-state index contributed by atoms with van der Waals surface area (Å²) in [6.07, 6.45) is 0. The molecule has 0 spiro atoms. The van der Waals surface area contributed by atoms with Gasteiger partial charge in [-0.1, -0.05) is 22.9 Å². The van der Waals surface area contributed by atoms with Crippen molar-refractivity contribution in [2.24, 2.45) is 10.3 Å². The van der Waals surface area contributed by atoms with Gasteiger partial charge in [0.15, 0.2) is 12.1 Å². The molecule has 8 nitrogen and oxygen atoms in total. The fraction of sp³-hybridized carbons (Fsp3) is 0.250. The maximum absolute atomic E-state index is 13.3. The van der Waals surface area contributed by atoms with Crippen LogP contribution in [0.15, 0.2) is 46.7 Å². The van der Waals surface area contributed by atoms with Crippen molar-refractivity contribution in [1.82, 2.24) is 5.01 Å². The van der Waals surface area contributed by atoms with Crippen molar-refractivity contribution in [2.45, 2.75) is 25.9 Å². The standard InChI is InChI=1S/C20H17ClFN5O3/c1-10-5-11(2)7-13(6-10)27-19(29)17-18(20(27)30)26(25-24-17)9-16(28)23-12-3-4-15(22)14(21)8-12/h3-8,17-18H,9H2,1-2H3,(H,23,28)/t17-,18+/m0/s1. The van der Waals surface area contributed by atoms with E-state index in [0.29, 0.717) is 11.4 Å². The molecule has 0 radical (unpaired) electrons. The number of benzene rings is 2. The molecule has 0 unspecified atom stereocenters. The summed E-state index contributed by atoms with van der Waals surface area (Å²) in [5.74, 6) is -2.08. The molecule has 2 aliphatic heterocycles. The zero-order valence-corrected chi connectivity index (χ0v) is 16.9. The van der Waals surface area contributed by atoms with Gasteiger partial charge in [-0.3, -0.25) is 19.4 Å². The van der Waals surface area contributed by atoms with Crippen LogP contribution in [0.1, 0.15) is 11.1 Å². The van der Waals surface area contributed by atoms with E-state index in [9.17, 15) is 18.8 Å². The van der Waals surface area contributed by atoms with Crippen LogP contribution in [-0.4, -0.2) is 41.4 Å². The second-order valence-corrected chi connectivity index (χ2v) is 7.63. The van der Waals surface area contributed by atoms with E-state index in [1.807, 2.05) is 19.9 Å². The minimum atomic E-state index is -0.994. The summed E-state index contributed by atoms with van der Waals surface area (Å²) < 4.78 is 13.3. The Bertz CT molecular complexity index is 1090. The lowest BCUT2D eigenvalue weighted by molar-refractivity contribution is -0.123. The van der Waals surface area contributed by atoms with Crippen LogP contribution < -0.4 is 10.2 Å². The third kappa shape index (κ3) is 3.52. The maximum Gasteiger partial charge on any atom is 0.263 e. The zero-order chi connectivity index (χ0) is 21.6. The molecule has 2 aromatic carbocycles. The van der Waals surface area contributed by atoms with E-state index in [0.717, 1.165) is 22.1 Å². The van der Waals surface area contributed by atoms with Crippen molar-refractivity contribution >= 4 is 40.7 Å². The van der Waals surface area contributed by atoms with Crippen molar-refractivity contribution in [2.75, 3.05) is 16.8 Å². The first-order chi connectivity index (χ1) is 14.2. The second kappa shape index (κ2) is 7.49. The molecule has 10 heteroatoms. The van der Waals surface area contributed by atoms with E-state index >= 15 is 0 Å². The summed E-state index contributed by atoms with van der Waals surface area (Å²) in [5, 5.41) is 11.4. The van der Waals surface area contributed by atoms with Crippen LogP contribution in [0.2, 0.25) is 5.02 Å². The minimum absolute atomic E-state index is 0.130. The average Bonchev–Trinajstić information content (AvgIpc) is 3.17. The Kier molecular flexibility index (Phi) is 4.98. The Hall–Kier alpha value is -3.33. The number of halogens is 2. The molecule has 2 aromatic rings. The monoisotopic (exact) mass is 429 g/mol. The van der Waals surface area contributed by atoms with Crippen molar-refractivity contribution in [3.63, 3.8) is 0 Å². The summed E-state index contributed by atoms with van der Waals surface area (Å²) in [6, 6.07) is 7.21. The van der Waals surface area contributed by atoms with Gasteiger partial charge in [0.1, 0.15) is 12.4 Å². The summed E-state index contributed by atoms with van der Waals surface area (Å²) in [6.45, 7) is 3.44. The lowest BCUT2D eigenvalue weighted by atomic mass is 10.1. The van der Waals surface area contributed by atoms with Crippen molar-refractivity contribution in [3.8, 4) is 0 Å². The van der Waals surface area contributed by atoms with Gasteiger partial charge in [-0.2, -0.15) is 5.11 Å². The van der Waals surface area contributed by atoms with Gasteiger partial charge in [-0.25, -0.2) is 9.29 Å². The second-order valence-electron chi connectivity index (χ2n) is 7.23. The third-order valence-corrected chi connectivity index (χ3v) is 5.12. The zero-order valence-electron chi connectivity index (χ0n) is 16.1. The number of aryl methyl sites for hydroxylation is 2. The summed E-state index contributed by atoms with van der Waals surface area (Å²) >= 11 is 5.71. The SMILES string of the molecule is Cc1cc(C)cc(N2C(=O)[C@H]3N=NN(CC(=O)Nc4ccc(F)c(Cl)c4)[C@H]3C2=O)c1. The quantitative estimate of drug-likeness (QED) is 0.756. The lowest BCUT2D eigenvalue weighted by Gasteiger charge is -2.20. The van der Waals surface area contributed by atoms with Crippen LogP contribution in [0.5, 0.6) is 0 Å². The smallest absolute Gasteiger partial charge is 0.263 e. The molecule has 1 saturated heterocycles. The molecule has 0 aromatic heterocycles. The highest BCUT2D eigenvalue weighted by molar-refractivity contribution is 6.31. The molecule has 2 aliphatic rings. The molecule has 0 bridgehead atoms. The number of imide groups is 1. The van der Waals surface area contributed by atoms with E-state index in [2.05, 4.69) is 15.7 Å². The topological polar surface area (TPSA) is 94.4 Å². The van der Waals surface area contributed by atoms with Gasteiger partial charge in [0.25, 0.3) is 11.8 Å². The average molecular weight is 430 g/mol. The Morgan fingerprint density at radius 3 is 2.50 bits per heavy atom. The molecular formula is C20H17ClFN5O3. The van der Waals surface area contributed by atoms with Crippen LogP contribution in [0.3, 0.4) is 0 Å². The molecule has 0 saturated carbocycles. The van der Waals surface area contributed by atoms with E-state index in [1.165, 1.54) is 17.1 Å². The maximum atomic E-state index is 13.3. The highest BCUT2D eigenvalue weighted by Crippen LogP contribution is 2.32. The van der Waals surface area contributed by atoms with Gasteiger partial charge in [-0.15, -0.1) is 0 Å². The molecule has 1 N–H and O–H groups in total. The van der Waals surface area contributed by atoms with E-state index in [1.54, 1.807) is 12.1 Å². The first-order valence-electron chi connectivity index (χ1n) is 9.13. The molecule has 30 heavy (non-hydrogen) atoms. The number of hydrogen-bond donors (Lipinski definition) is 1. The van der Waals surface area contributed by atoms with Crippen LogP contribution in [0.4, 0.5) is 15.8 Å². The van der Waals surface area contributed by atoms with E-state index < -0.39 is 35.6 Å². The fourth-order valence-corrected chi connectivity index (χ4v) is 3.79. The van der Waals surface area contributed by atoms with Crippen LogP contribution in [0, 0.1) is 19.7 Å². The summed E-state index contributed by atoms with van der Waals surface area (Å²) in [5.41, 5.74) is 2.60. The van der Waals surface area contributed by atoms with Crippen LogP contribution in [0.25, 0.3) is 0 Å². The Balaban J connectivity index is 1.50. The Labute approximate surface area is 176 Å². The third-order valence-electron chi connectivity index (χ3n) is 4.83. The number of carbonyl (C=O) groups excluding carboxylic acids is 3. The van der Waals surface area contributed by atoms with Crippen LogP contribution in [-0.2, 0) is 14.4 Å². The summed E-state index contributed by atoms with van der Waals surface area (Å²) in [7, 11) is 0. The predicted octanol–water partition coefficient (Wildman–Crippen LogP) is 3.03. The number of anilines is 2. The van der Waals surface area contributed by atoms with Gasteiger partial charge in [0.2, 0.25) is 5.91 Å². The van der Waals surface area contributed by atoms with Gasteiger partial charge >= 0.3 is 0 Å². The fourth-order valence-electron chi connectivity index (χ4n) is 3.61. The van der Waals surface area contributed by atoms with Crippen LogP contribution >= 0.6 is 11.6 Å². The predicted molar refractivity (Wildman–Crippen MR) is 108 cm³/mol. The van der Waals surface area contributed by atoms with Gasteiger partial charge in [0, 0.05) is 5.69 Å². The number of carbonyl (C=O) groups is 3. The number of amides is 3. The lowest BCUT2D eigenvalue weighted by Crippen LogP contribution is -2.43. The van der Waals surface area contributed by atoms with Crippen molar-refractivity contribution in [1.29, 1.82) is 0 Å². The highest BCUT2D eigenvalue weighted by Gasteiger charge is 2.55. The first-order valence-corrected chi connectivity index (χ1v) is 9.51. The molecule has 1 fully saturated rings. The number of nitrogens with one attached hydrogen (secondary N) is 1. The molecule has 2 heterocycles. The molecule has 2 atom stereocenters. The molecule has 4 rings (SSSR count). The van der Waals surface area contributed by atoms with E-state index in [4.69, 9.17) is 11.6 Å². The summed E-state index contributed by atoms with van der Waals surface area (Å²) in [4.78, 5) is 39.3. The van der Waals surface area contributed by atoms with Crippen molar-refractivity contribution < 1.29 is 18.8 Å². The largest absolute Gasteiger partial charge is 0.324 e. The number of rotatable bonds is 4. The molecule has 3 amide bonds. The Morgan fingerprint density at radius 2 is 1.83 bits per heavy atom. The van der Waals surface area contributed by atoms with Crippen molar-refractivity contribution in [3.05, 3.63) is 58.4 Å². The highest BCUT2D eigenvalue weighted by atomic mass is 35.5. The number of hydrogen-bond acceptors (Lipinski definition) is 6. The van der Waals surface area contributed by atoms with E-state index in [-0.39, 0.29) is 11.6 Å². The molecule has 154 valence electrons. The molecular weight excluding hydrogens is 413 g/mol. The number of fused-ring (bicyclic) bond motifs is 1. The molecule has 0 aliphatic carbocycles. The Morgan fingerprint density at radius 1 is 1.13 bits per heavy atom. The minimum Gasteiger partial charge on any atom is -0.324 e. The normalized spacial score (nSPS) is 20.1. The van der Waals surface area contributed by atoms with Gasteiger partial charge in [-0.05, 0) is 55.3 Å². The number of nitrogens with zero attached hydrogens (tertiary/aromatic N) is 4. The first kappa shape index (κ1) is 20.0. The van der Waals surface area contributed by atoms with Gasteiger partial charge < -0.3 is 5.32 Å².